The van der Waals surface area contributed by atoms with E-state index in [-0.39, 0.29) is 0 Å². The molecule has 2 aromatic carbocycles. The predicted octanol–water partition coefficient (Wildman–Crippen LogP) is 4.96. The molecule has 0 bridgehead atoms. The third kappa shape index (κ3) is 3.52. The minimum atomic E-state index is 0.333. The Labute approximate surface area is 200 Å². The van der Waals surface area contributed by atoms with Crippen LogP contribution in [0.1, 0.15) is 42.1 Å². The van der Waals surface area contributed by atoms with Gasteiger partial charge in [0.1, 0.15) is 23.9 Å². The average Bonchev–Trinajstić information content (AvgIpc) is 3.59. The molecule has 1 spiro atoms. The second-order valence-electron chi connectivity index (χ2n) is 10.1. The number of fused-ring (bicyclic) bond motifs is 2. The number of likely N-dealkylation sites (tertiary alicyclic amines) is 1. The van der Waals surface area contributed by atoms with E-state index < -0.39 is 0 Å². The maximum absolute atomic E-state index is 9.23. The average molecular weight is 451 g/mol. The monoisotopic (exact) mass is 450 g/mol. The number of hydrogen-bond acceptors (Lipinski definition) is 5. The van der Waals surface area contributed by atoms with Crippen molar-refractivity contribution in [2.24, 2.45) is 5.41 Å². The van der Waals surface area contributed by atoms with E-state index in [0.717, 1.165) is 61.4 Å². The van der Waals surface area contributed by atoms with Crippen LogP contribution in [-0.2, 0) is 13.0 Å². The molecule has 34 heavy (non-hydrogen) atoms. The number of aromatic nitrogens is 3. The molecule has 6 nitrogen and oxygen atoms in total. The summed E-state index contributed by atoms with van der Waals surface area (Å²) in [4.78, 5) is 17.5. The lowest BCUT2D eigenvalue weighted by atomic mass is 9.86. The van der Waals surface area contributed by atoms with E-state index in [2.05, 4.69) is 70.0 Å². The van der Waals surface area contributed by atoms with Crippen molar-refractivity contribution < 1.29 is 0 Å². The molecule has 6 rings (SSSR count). The van der Waals surface area contributed by atoms with Crippen molar-refractivity contribution >= 4 is 27.6 Å². The van der Waals surface area contributed by atoms with Crippen LogP contribution in [0.5, 0.6) is 0 Å². The smallest absolute Gasteiger partial charge is 0.139 e. The highest BCUT2D eigenvalue weighted by Crippen LogP contribution is 2.42. The summed E-state index contributed by atoms with van der Waals surface area (Å²) in [6.07, 6.45) is 5.18. The van der Waals surface area contributed by atoms with Gasteiger partial charge in [-0.2, -0.15) is 5.26 Å². The van der Waals surface area contributed by atoms with Crippen LogP contribution in [0.4, 0.5) is 5.82 Å². The number of H-pyrrole nitrogens is 1. The normalized spacial score (nSPS) is 20.7. The third-order valence-electron chi connectivity index (χ3n) is 8.04. The first kappa shape index (κ1) is 21.1. The molecule has 0 amide bonds. The standard InChI is InChI=1S/C28H30N6/c1-3-20-4-6-25-24(12-20)27(31-18-30-25)34-11-9-28(17-34)8-10-33(16-28)15-21-5-7-26-23(19(21)2)13-22(14-29)32-26/h4-7,12-13,18,32H,3,8-11,15-17H2,1-2H3. The number of rotatable bonds is 4. The highest BCUT2D eigenvalue weighted by Gasteiger charge is 2.44. The van der Waals surface area contributed by atoms with Gasteiger partial charge in [-0.1, -0.05) is 19.1 Å². The van der Waals surface area contributed by atoms with Crippen molar-refractivity contribution in [2.45, 2.75) is 39.7 Å². The zero-order chi connectivity index (χ0) is 23.3. The Kier molecular flexibility index (Phi) is 5.04. The quantitative estimate of drug-likeness (QED) is 0.476. The summed E-state index contributed by atoms with van der Waals surface area (Å²) in [5, 5.41) is 11.6. The molecule has 4 heterocycles. The number of hydrogen-bond donors (Lipinski definition) is 1. The van der Waals surface area contributed by atoms with Crippen LogP contribution < -0.4 is 4.90 Å². The van der Waals surface area contributed by atoms with E-state index in [4.69, 9.17) is 4.98 Å². The molecule has 2 aromatic heterocycles. The first-order valence-corrected chi connectivity index (χ1v) is 12.3. The van der Waals surface area contributed by atoms with Crippen LogP contribution in [0.3, 0.4) is 0 Å². The first-order valence-electron chi connectivity index (χ1n) is 12.3. The highest BCUT2D eigenvalue weighted by molar-refractivity contribution is 5.90. The predicted molar refractivity (Wildman–Crippen MR) is 136 cm³/mol. The Balaban J connectivity index is 1.20. The molecule has 172 valence electrons. The van der Waals surface area contributed by atoms with E-state index >= 15 is 0 Å². The van der Waals surface area contributed by atoms with Crippen LogP contribution in [-0.4, -0.2) is 46.0 Å². The molecule has 1 unspecified atom stereocenters. The second-order valence-corrected chi connectivity index (χ2v) is 10.1. The largest absolute Gasteiger partial charge is 0.355 e. The zero-order valence-corrected chi connectivity index (χ0v) is 19.9. The van der Waals surface area contributed by atoms with Gasteiger partial charge < -0.3 is 9.88 Å². The molecule has 0 aliphatic carbocycles. The van der Waals surface area contributed by atoms with Crippen LogP contribution in [0, 0.1) is 23.7 Å². The number of nitrogens with one attached hydrogen (secondary N) is 1. The third-order valence-corrected chi connectivity index (χ3v) is 8.04. The molecule has 2 aliphatic heterocycles. The van der Waals surface area contributed by atoms with Crippen molar-refractivity contribution in [3.8, 4) is 6.07 Å². The lowest BCUT2D eigenvalue weighted by Crippen LogP contribution is -2.31. The van der Waals surface area contributed by atoms with Gasteiger partial charge >= 0.3 is 0 Å². The number of benzene rings is 2. The van der Waals surface area contributed by atoms with E-state index in [9.17, 15) is 5.26 Å². The molecule has 1 N–H and O–H groups in total. The van der Waals surface area contributed by atoms with Gasteiger partial charge in [0.15, 0.2) is 0 Å². The summed E-state index contributed by atoms with van der Waals surface area (Å²) < 4.78 is 0. The van der Waals surface area contributed by atoms with Crippen molar-refractivity contribution in [3.05, 3.63) is 65.1 Å². The van der Waals surface area contributed by atoms with Crippen LogP contribution in [0.2, 0.25) is 0 Å². The summed E-state index contributed by atoms with van der Waals surface area (Å²) >= 11 is 0. The van der Waals surface area contributed by atoms with E-state index in [0.29, 0.717) is 11.1 Å². The highest BCUT2D eigenvalue weighted by atomic mass is 15.3. The van der Waals surface area contributed by atoms with Gasteiger partial charge in [0, 0.05) is 47.9 Å². The minimum absolute atomic E-state index is 0.333. The Morgan fingerprint density at radius 3 is 2.79 bits per heavy atom. The van der Waals surface area contributed by atoms with Crippen molar-refractivity contribution in [1.29, 1.82) is 5.26 Å². The molecule has 2 fully saturated rings. The Hall–Kier alpha value is -3.43. The van der Waals surface area contributed by atoms with Crippen LogP contribution in [0.25, 0.3) is 21.8 Å². The number of nitriles is 1. The van der Waals surface area contributed by atoms with Crippen molar-refractivity contribution in [3.63, 3.8) is 0 Å². The van der Waals surface area contributed by atoms with Gasteiger partial charge in [-0.05, 0) is 73.7 Å². The van der Waals surface area contributed by atoms with E-state index in [1.807, 2.05) is 6.07 Å². The summed E-state index contributed by atoms with van der Waals surface area (Å²) in [6.45, 7) is 9.72. The lowest BCUT2D eigenvalue weighted by Gasteiger charge is -2.26. The van der Waals surface area contributed by atoms with Gasteiger partial charge in [-0.15, -0.1) is 0 Å². The van der Waals surface area contributed by atoms with Gasteiger partial charge in [0.05, 0.1) is 5.52 Å². The Morgan fingerprint density at radius 1 is 1.06 bits per heavy atom. The Bertz CT molecular complexity index is 1430. The van der Waals surface area contributed by atoms with E-state index in [1.165, 1.54) is 34.9 Å². The van der Waals surface area contributed by atoms with Crippen LogP contribution in [0.15, 0.2) is 42.7 Å². The molecule has 2 saturated heterocycles. The maximum atomic E-state index is 9.23. The maximum Gasteiger partial charge on any atom is 0.139 e. The topological polar surface area (TPSA) is 71.8 Å². The summed E-state index contributed by atoms with van der Waals surface area (Å²) in [5.74, 6) is 1.10. The van der Waals surface area contributed by atoms with Gasteiger partial charge in [0.2, 0.25) is 0 Å². The van der Waals surface area contributed by atoms with Crippen molar-refractivity contribution in [2.75, 3.05) is 31.1 Å². The summed E-state index contributed by atoms with van der Waals surface area (Å²) in [7, 11) is 0. The fraction of sp³-hybridized carbons (Fsp3) is 0.393. The summed E-state index contributed by atoms with van der Waals surface area (Å²) in [6, 6.07) is 15.1. The Morgan fingerprint density at radius 2 is 1.94 bits per heavy atom. The molecule has 1 atom stereocenters. The number of anilines is 1. The lowest BCUT2D eigenvalue weighted by molar-refractivity contribution is 0.270. The molecule has 0 saturated carbocycles. The number of aryl methyl sites for hydroxylation is 2. The number of nitrogens with zero attached hydrogens (tertiary/aromatic N) is 5. The fourth-order valence-electron chi connectivity index (χ4n) is 6.04. The minimum Gasteiger partial charge on any atom is -0.355 e. The SMILES string of the molecule is CCc1ccc2ncnc(N3CCC4(CCN(Cc5ccc6[nH]c(C#N)cc6c5C)C4)C3)c2c1. The zero-order valence-electron chi connectivity index (χ0n) is 19.9. The molecular weight excluding hydrogens is 420 g/mol. The second kappa shape index (κ2) is 8.11. The molecule has 4 aromatic rings. The fourth-order valence-corrected chi connectivity index (χ4v) is 6.04. The molecule has 2 aliphatic rings. The number of aromatic amines is 1. The van der Waals surface area contributed by atoms with Gasteiger partial charge in [-0.25, -0.2) is 9.97 Å². The molecule has 0 radical (unpaired) electrons. The van der Waals surface area contributed by atoms with Gasteiger partial charge in [-0.3, -0.25) is 4.90 Å². The molecule has 6 heteroatoms. The van der Waals surface area contributed by atoms with Gasteiger partial charge in [0.25, 0.3) is 0 Å². The van der Waals surface area contributed by atoms with Crippen LogP contribution >= 0.6 is 0 Å². The van der Waals surface area contributed by atoms with E-state index in [1.54, 1.807) is 6.33 Å². The molecular formula is C28H30N6. The van der Waals surface area contributed by atoms with Crippen molar-refractivity contribution in [1.82, 2.24) is 19.9 Å². The summed E-state index contributed by atoms with van der Waals surface area (Å²) in [5.41, 5.74) is 7.02. The first-order chi connectivity index (χ1) is 16.6.